The number of halogens is 1. The highest BCUT2D eigenvalue weighted by Crippen LogP contribution is 2.15. The Balaban J connectivity index is 1.83. The van der Waals surface area contributed by atoms with E-state index < -0.39 is 11.9 Å². The van der Waals surface area contributed by atoms with Gasteiger partial charge in [0.15, 0.2) is 0 Å². The van der Waals surface area contributed by atoms with Gasteiger partial charge in [-0.2, -0.15) is 0 Å². The third kappa shape index (κ3) is 4.77. The highest BCUT2D eigenvalue weighted by molar-refractivity contribution is 6.30. The molecule has 0 saturated heterocycles. The van der Waals surface area contributed by atoms with E-state index in [0.717, 1.165) is 11.3 Å². The van der Waals surface area contributed by atoms with Crippen LogP contribution < -0.4 is 15.8 Å². The van der Waals surface area contributed by atoms with Gasteiger partial charge in [0, 0.05) is 11.6 Å². The second-order valence-corrected chi connectivity index (χ2v) is 4.94. The zero-order valence-corrected chi connectivity index (χ0v) is 12.2. The lowest BCUT2D eigenvalue weighted by Gasteiger charge is -2.16. The van der Waals surface area contributed by atoms with Gasteiger partial charge in [-0.25, -0.2) is 0 Å². The number of hydrogen-bond acceptors (Lipinski definition) is 3. The van der Waals surface area contributed by atoms with Gasteiger partial charge in [-0.1, -0.05) is 41.9 Å². The predicted molar refractivity (Wildman–Crippen MR) is 83.3 cm³/mol. The quantitative estimate of drug-likeness (QED) is 0.773. The number of benzene rings is 2. The highest BCUT2D eigenvalue weighted by Gasteiger charge is 2.16. The van der Waals surface area contributed by atoms with E-state index in [1.54, 1.807) is 24.3 Å². The Morgan fingerprint density at radius 2 is 1.81 bits per heavy atom. The third-order valence-electron chi connectivity index (χ3n) is 2.95. The Kier molecular flexibility index (Phi) is 5.60. The van der Waals surface area contributed by atoms with Crippen molar-refractivity contribution in [1.29, 1.82) is 0 Å². The molecule has 0 aliphatic carbocycles. The van der Waals surface area contributed by atoms with E-state index in [4.69, 9.17) is 22.1 Å². The van der Waals surface area contributed by atoms with Crippen molar-refractivity contribution in [3.8, 4) is 5.75 Å². The Morgan fingerprint density at radius 3 is 2.43 bits per heavy atom. The fraction of sp³-hybridized carbons (Fsp3) is 0.188. The topological polar surface area (TPSA) is 64.4 Å². The zero-order chi connectivity index (χ0) is 15.1. The molecule has 0 saturated carbocycles. The second kappa shape index (κ2) is 7.67. The molecule has 2 aromatic rings. The maximum Gasteiger partial charge on any atom is 0.239 e. The summed E-state index contributed by atoms with van der Waals surface area (Å²) in [5, 5.41) is 3.76. The van der Waals surface area contributed by atoms with Crippen LogP contribution >= 0.6 is 11.6 Å². The van der Waals surface area contributed by atoms with E-state index in [-0.39, 0.29) is 0 Å². The molecule has 0 fully saturated rings. The monoisotopic (exact) mass is 304 g/mol. The summed E-state index contributed by atoms with van der Waals surface area (Å²) in [4.78, 5) is 11.5. The number of carbonyl (C=O) groups is 1. The van der Waals surface area contributed by atoms with Crippen molar-refractivity contribution in [2.24, 2.45) is 5.73 Å². The molecular formula is C16H17ClN2O2. The van der Waals surface area contributed by atoms with Crippen molar-refractivity contribution in [1.82, 2.24) is 5.32 Å². The fourth-order valence-corrected chi connectivity index (χ4v) is 2.06. The maximum atomic E-state index is 11.5. The normalized spacial score (nSPS) is 11.9. The van der Waals surface area contributed by atoms with Crippen LogP contribution in [0.2, 0.25) is 5.02 Å². The van der Waals surface area contributed by atoms with Crippen LogP contribution in [0.1, 0.15) is 11.6 Å². The van der Waals surface area contributed by atoms with Gasteiger partial charge in [0.05, 0.1) is 0 Å². The molecule has 0 unspecified atom stereocenters. The van der Waals surface area contributed by atoms with E-state index in [9.17, 15) is 4.79 Å². The van der Waals surface area contributed by atoms with Gasteiger partial charge in [0.2, 0.25) is 5.91 Å². The Morgan fingerprint density at radius 1 is 1.14 bits per heavy atom. The van der Waals surface area contributed by atoms with Gasteiger partial charge in [-0.3, -0.25) is 10.1 Å². The number of hydrogen-bond donors (Lipinski definition) is 2. The lowest BCUT2D eigenvalue weighted by Crippen LogP contribution is -2.35. The SMILES string of the molecule is NC(=O)[C@H](NCCOc1ccc(Cl)cc1)c1ccccc1. The van der Waals surface area contributed by atoms with Crippen molar-refractivity contribution in [2.75, 3.05) is 13.2 Å². The van der Waals surface area contributed by atoms with E-state index in [2.05, 4.69) is 5.32 Å². The molecule has 21 heavy (non-hydrogen) atoms. The molecule has 110 valence electrons. The molecule has 1 atom stereocenters. The van der Waals surface area contributed by atoms with Crippen LogP contribution in [0, 0.1) is 0 Å². The standard InChI is InChI=1S/C16H17ClN2O2/c17-13-6-8-14(9-7-13)21-11-10-19-15(16(18)20)12-4-2-1-3-5-12/h1-9,15,19H,10-11H2,(H2,18,20)/t15-/m1/s1. The summed E-state index contributed by atoms with van der Waals surface area (Å²) in [6.45, 7) is 0.934. The maximum absolute atomic E-state index is 11.5. The highest BCUT2D eigenvalue weighted by atomic mass is 35.5. The minimum atomic E-state index is -0.514. The molecule has 3 N–H and O–H groups in total. The van der Waals surface area contributed by atoms with Gasteiger partial charge < -0.3 is 10.5 Å². The Bertz CT molecular complexity index is 573. The minimum absolute atomic E-state index is 0.410. The fourth-order valence-electron chi connectivity index (χ4n) is 1.93. The van der Waals surface area contributed by atoms with Crippen LogP contribution in [0.4, 0.5) is 0 Å². The van der Waals surface area contributed by atoms with Crippen LogP contribution in [0.5, 0.6) is 5.75 Å². The number of rotatable bonds is 7. The van der Waals surface area contributed by atoms with Gasteiger partial charge in [0.1, 0.15) is 18.4 Å². The van der Waals surface area contributed by atoms with Crippen LogP contribution in [0.25, 0.3) is 0 Å². The van der Waals surface area contributed by atoms with Crippen molar-refractivity contribution in [2.45, 2.75) is 6.04 Å². The first-order chi connectivity index (χ1) is 10.2. The number of nitrogens with one attached hydrogen (secondary N) is 1. The average molecular weight is 305 g/mol. The number of amides is 1. The first-order valence-electron chi connectivity index (χ1n) is 6.63. The van der Waals surface area contributed by atoms with Crippen molar-refractivity contribution >= 4 is 17.5 Å². The predicted octanol–water partition coefficient (Wildman–Crippen LogP) is 2.54. The first kappa shape index (κ1) is 15.4. The molecule has 0 aliphatic heterocycles. The Hall–Kier alpha value is -2.04. The van der Waals surface area contributed by atoms with E-state index in [0.29, 0.717) is 18.2 Å². The molecule has 5 heteroatoms. The van der Waals surface area contributed by atoms with Crippen LogP contribution in [0.15, 0.2) is 54.6 Å². The number of ether oxygens (including phenoxy) is 1. The molecule has 0 radical (unpaired) electrons. The van der Waals surface area contributed by atoms with Crippen molar-refractivity contribution in [3.05, 3.63) is 65.2 Å². The van der Waals surface area contributed by atoms with Crippen LogP contribution in [0.3, 0.4) is 0 Å². The third-order valence-corrected chi connectivity index (χ3v) is 3.20. The molecule has 0 spiro atoms. The van der Waals surface area contributed by atoms with E-state index in [1.807, 2.05) is 30.3 Å². The summed E-state index contributed by atoms with van der Waals surface area (Å²) in [6, 6.07) is 16.0. The molecule has 4 nitrogen and oxygen atoms in total. The molecular weight excluding hydrogens is 288 g/mol. The first-order valence-corrected chi connectivity index (χ1v) is 7.00. The molecule has 0 aliphatic rings. The molecule has 2 aromatic carbocycles. The number of nitrogens with two attached hydrogens (primary N) is 1. The van der Waals surface area contributed by atoms with Crippen LogP contribution in [-0.4, -0.2) is 19.1 Å². The number of carbonyl (C=O) groups excluding carboxylic acids is 1. The van der Waals surface area contributed by atoms with E-state index in [1.165, 1.54) is 0 Å². The lowest BCUT2D eigenvalue weighted by molar-refractivity contribution is -0.120. The largest absolute Gasteiger partial charge is 0.492 e. The van der Waals surface area contributed by atoms with Crippen molar-refractivity contribution < 1.29 is 9.53 Å². The van der Waals surface area contributed by atoms with Crippen molar-refractivity contribution in [3.63, 3.8) is 0 Å². The second-order valence-electron chi connectivity index (χ2n) is 4.50. The van der Waals surface area contributed by atoms with Crippen LogP contribution in [-0.2, 0) is 4.79 Å². The minimum Gasteiger partial charge on any atom is -0.492 e. The molecule has 0 bridgehead atoms. The van der Waals surface area contributed by atoms with Gasteiger partial charge >= 0.3 is 0 Å². The summed E-state index contributed by atoms with van der Waals surface area (Å²) in [7, 11) is 0. The summed E-state index contributed by atoms with van der Waals surface area (Å²) in [5.41, 5.74) is 6.27. The average Bonchev–Trinajstić information content (AvgIpc) is 2.49. The lowest BCUT2D eigenvalue weighted by atomic mass is 10.1. The Labute approximate surface area is 128 Å². The zero-order valence-electron chi connectivity index (χ0n) is 11.5. The smallest absolute Gasteiger partial charge is 0.239 e. The van der Waals surface area contributed by atoms with E-state index >= 15 is 0 Å². The van der Waals surface area contributed by atoms with Gasteiger partial charge in [-0.15, -0.1) is 0 Å². The summed E-state index contributed by atoms with van der Waals surface area (Å²) in [5.74, 6) is 0.323. The molecule has 2 rings (SSSR count). The molecule has 0 aromatic heterocycles. The molecule has 0 heterocycles. The summed E-state index contributed by atoms with van der Waals surface area (Å²) >= 11 is 5.80. The molecule has 1 amide bonds. The van der Waals surface area contributed by atoms with Gasteiger partial charge in [-0.05, 0) is 29.8 Å². The number of primary amides is 1. The summed E-state index contributed by atoms with van der Waals surface area (Å²) in [6.07, 6.45) is 0. The van der Waals surface area contributed by atoms with Gasteiger partial charge in [0.25, 0.3) is 0 Å². The summed E-state index contributed by atoms with van der Waals surface area (Å²) < 4.78 is 5.55.